The molecule has 1 N–H and O–H groups in total. The summed E-state index contributed by atoms with van der Waals surface area (Å²) >= 11 is 0. The molecule has 25 heavy (non-hydrogen) atoms. The van der Waals surface area contributed by atoms with Crippen molar-refractivity contribution in [2.24, 2.45) is 0 Å². The highest BCUT2D eigenvalue weighted by atomic mass is 19.2. The molecule has 0 aliphatic carbocycles. The summed E-state index contributed by atoms with van der Waals surface area (Å²) in [7, 11) is 0. The van der Waals surface area contributed by atoms with Crippen molar-refractivity contribution in [1.29, 1.82) is 0 Å². The molecule has 1 heterocycles. The van der Waals surface area contributed by atoms with Gasteiger partial charge in [-0.05, 0) is 55.8 Å². The molecule has 132 valence electrons. The van der Waals surface area contributed by atoms with Crippen LogP contribution in [-0.2, 0) is 6.54 Å². The summed E-state index contributed by atoms with van der Waals surface area (Å²) in [6.07, 6.45) is 5.10. The number of carbonyl (C=O) groups is 1. The van der Waals surface area contributed by atoms with Crippen molar-refractivity contribution in [3.8, 4) is 0 Å². The van der Waals surface area contributed by atoms with E-state index in [0.717, 1.165) is 31.8 Å². The Morgan fingerprint density at radius 1 is 0.920 bits per heavy atom. The third-order valence-electron chi connectivity index (χ3n) is 4.50. The molecular weight excluding hydrogens is 322 g/mol. The fourth-order valence-corrected chi connectivity index (χ4v) is 3.09. The molecule has 0 aromatic heterocycles. The summed E-state index contributed by atoms with van der Waals surface area (Å²) in [6.45, 7) is 3.14. The maximum atomic E-state index is 13.2. The molecule has 3 nitrogen and oxygen atoms in total. The van der Waals surface area contributed by atoms with Gasteiger partial charge < -0.3 is 5.32 Å². The van der Waals surface area contributed by atoms with Gasteiger partial charge in [0, 0.05) is 23.9 Å². The van der Waals surface area contributed by atoms with E-state index in [9.17, 15) is 13.6 Å². The van der Waals surface area contributed by atoms with Crippen LogP contribution in [0.15, 0.2) is 42.5 Å². The second-order valence-electron chi connectivity index (χ2n) is 6.47. The Hall–Kier alpha value is -2.27. The zero-order valence-corrected chi connectivity index (χ0v) is 14.1. The van der Waals surface area contributed by atoms with Gasteiger partial charge in [0.25, 0.3) is 5.91 Å². The van der Waals surface area contributed by atoms with Gasteiger partial charge >= 0.3 is 0 Å². The van der Waals surface area contributed by atoms with E-state index in [1.807, 2.05) is 12.1 Å². The largest absolute Gasteiger partial charge is 0.322 e. The third-order valence-corrected chi connectivity index (χ3v) is 4.50. The quantitative estimate of drug-likeness (QED) is 0.879. The highest BCUT2D eigenvalue weighted by Gasteiger charge is 2.11. The van der Waals surface area contributed by atoms with Gasteiger partial charge in [0.1, 0.15) is 0 Å². The first-order chi connectivity index (χ1) is 12.1. The standard InChI is InChI=1S/C20H22F2N2O/c21-18-10-9-17(13-19(18)22)23-20(25)16-7-5-15(6-8-16)14-24-11-3-1-2-4-12-24/h5-10,13H,1-4,11-12,14H2,(H,23,25). The lowest BCUT2D eigenvalue weighted by atomic mass is 10.1. The topological polar surface area (TPSA) is 32.3 Å². The highest BCUT2D eigenvalue weighted by Crippen LogP contribution is 2.16. The molecule has 5 heteroatoms. The van der Waals surface area contributed by atoms with Gasteiger partial charge in [-0.1, -0.05) is 25.0 Å². The van der Waals surface area contributed by atoms with Crippen LogP contribution < -0.4 is 5.32 Å². The minimum absolute atomic E-state index is 0.234. The number of carbonyl (C=O) groups excluding carboxylic acids is 1. The van der Waals surface area contributed by atoms with Gasteiger partial charge in [-0.15, -0.1) is 0 Å². The predicted octanol–water partition coefficient (Wildman–Crippen LogP) is 4.59. The minimum atomic E-state index is -0.981. The molecule has 0 spiro atoms. The summed E-state index contributed by atoms with van der Waals surface area (Å²) in [4.78, 5) is 14.7. The monoisotopic (exact) mass is 344 g/mol. The Bertz CT molecular complexity index is 723. The molecule has 0 radical (unpaired) electrons. The zero-order valence-electron chi connectivity index (χ0n) is 14.1. The van der Waals surface area contributed by atoms with Gasteiger partial charge in [-0.2, -0.15) is 0 Å². The van der Waals surface area contributed by atoms with Gasteiger partial charge in [0.15, 0.2) is 11.6 Å². The number of amides is 1. The van der Waals surface area contributed by atoms with E-state index in [1.165, 1.54) is 37.3 Å². The molecule has 2 aromatic rings. The van der Waals surface area contributed by atoms with Gasteiger partial charge in [0.05, 0.1) is 0 Å². The molecule has 1 amide bonds. The molecule has 3 rings (SSSR count). The Morgan fingerprint density at radius 2 is 1.60 bits per heavy atom. The minimum Gasteiger partial charge on any atom is -0.322 e. The summed E-state index contributed by atoms with van der Waals surface area (Å²) < 4.78 is 26.1. The fraction of sp³-hybridized carbons (Fsp3) is 0.350. The summed E-state index contributed by atoms with van der Waals surface area (Å²) in [6, 6.07) is 10.7. The van der Waals surface area contributed by atoms with Crippen LogP contribution in [0.4, 0.5) is 14.5 Å². The molecule has 0 unspecified atom stereocenters. The van der Waals surface area contributed by atoms with E-state index < -0.39 is 11.6 Å². The number of nitrogens with zero attached hydrogens (tertiary/aromatic N) is 1. The van der Waals surface area contributed by atoms with E-state index in [4.69, 9.17) is 0 Å². The van der Waals surface area contributed by atoms with E-state index in [0.29, 0.717) is 5.56 Å². The molecule has 1 aliphatic rings. The van der Waals surface area contributed by atoms with E-state index in [-0.39, 0.29) is 11.6 Å². The van der Waals surface area contributed by atoms with Crippen molar-refractivity contribution in [3.05, 3.63) is 65.2 Å². The first kappa shape index (κ1) is 17.5. The van der Waals surface area contributed by atoms with Crippen molar-refractivity contribution in [1.82, 2.24) is 4.90 Å². The third kappa shape index (κ3) is 4.86. The van der Waals surface area contributed by atoms with Crippen LogP contribution in [0, 0.1) is 11.6 Å². The Labute approximate surface area is 146 Å². The summed E-state index contributed by atoms with van der Waals surface area (Å²) in [5, 5.41) is 2.58. The number of anilines is 1. The average Bonchev–Trinajstić information content (AvgIpc) is 2.87. The molecule has 1 fully saturated rings. The lowest BCUT2D eigenvalue weighted by Gasteiger charge is -2.19. The maximum Gasteiger partial charge on any atom is 0.255 e. The van der Waals surface area contributed by atoms with Crippen LogP contribution in [0.3, 0.4) is 0 Å². The number of likely N-dealkylation sites (tertiary alicyclic amines) is 1. The molecule has 0 saturated carbocycles. The molecule has 0 bridgehead atoms. The van der Waals surface area contributed by atoms with Crippen molar-refractivity contribution in [2.75, 3.05) is 18.4 Å². The van der Waals surface area contributed by atoms with Crippen LogP contribution in [0.1, 0.15) is 41.6 Å². The Balaban J connectivity index is 1.60. The second-order valence-corrected chi connectivity index (χ2v) is 6.47. The average molecular weight is 344 g/mol. The van der Waals surface area contributed by atoms with Gasteiger partial charge in [-0.3, -0.25) is 9.69 Å². The SMILES string of the molecule is O=C(Nc1ccc(F)c(F)c1)c1ccc(CN2CCCCCC2)cc1. The first-order valence-electron chi connectivity index (χ1n) is 8.69. The maximum absolute atomic E-state index is 13.2. The van der Waals surface area contributed by atoms with E-state index in [2.05, 4.69) is 10.2 Å². The number of hydrogen-bond donors (Lipinski definition) is 1. The van der Waals surface area contributed by atoms with Crippen LogP contribution in [0.2, 0.25) is 0 Å². The molecule has 2 aromatic carbocycles. The zero-order chi connectivity index (χ0) is 17.6. The molecule has 0 atom stereocenters. The Morgan fingerprint density at radius 3 is 2.24 bits per heavy atom. The number of nitrogens with one attached hydrogen (secondary N) is 1. The summed E-state index contributed by atoms with van der Waals surface area (Å²) in [5.41, 5.74) is 1.90. The van der Waals surface area contributed by atoms with Gasteiger partial charge in [0.2, 0.25) is 0 Å². The molecule has 1 saturated heterocycles. The van der Waals surface area contributed by atoms with Crippen LogP contribution in [0.25, 0.3) is 0 Å². The number of halogens is 2. The Kier molecular flexibility index (Phi) is 5.76. The van der Waals surface area contributed by atoms with Crippen molar-refractivity contribution in [3.63, 3.8) is 0 Å². The first-order valence-corrected chi connectivity index (χ1v) is 8.69. The smallest absolute Gasteiger partial charge is 0.255 e. The number of benzene rings is 2. The van der Waals surface area contributed by atoms with Crippen molar-refractivity contribution < 1.29 is 13.6 Å². The fourth-order valence-electron chi connectivity index (χ4n) is 3.09. The van der Waals surface area contributed by atoms with E-state index >= 15 is 0 Å². The lowest BCUT2D eigenvalue weighted by molar-refractivity contribution is 0.102. The van der Waals surface area contributed by atoms with Crippen LogP contribution >= 0.6 is 0 Å². The normalized spacial score (nSPS) is 15.6. The number of hydrogen-bond acceptors (Lipinski definition) is 2. The number of rotatable bonds is 4. The lowest BCUT2D eigenvalue weighted by Crippen LogP contribution is -2.24. The van der Waals surface area contributed by atoms with Crippen LogP contribution in [0.5, 0.6) is 0 Å². The second kappa shape index (κ2) is 8.21. The van der Waals surface area contributed by atoms with Crippen molar-refractivity contribution >= 4 is 11.6 Å². The highest BCUT2D eigenvalue weighted by molar-refractivity contribution is 6.04. The van der Waals surface area contributed by atoms with Gasteiger partial charge in [-0.25, -0.2) is 8.78 Å². The summed E-state index contributed by atoms with van der Waals surface area (Å²) in [5.74, 6) is -2.26. The van der Waals surface area contributed by atoms with E-state index in [1.54, 1.807) is 12.1 Å². The van der Waals surface area contributed by atoms with Crippen LogP contribution in [-0.4, -0.2) is 23.9 Å². The van der Waals surface area contributed by atoms with Crippen molar-refractivity contribution in [2.45, 2.75) is 32.2 Å². The molecule has 1 aliphatic heterocycles. The molecular formula is C20H22F2N2O. The predicted molar refractivity (Wildman–Crippen MR) is 94.5 cm³/mol.